The normalized spacial score (nSPS) is 10.5. The number of primary amides is 1. The highest BCUT2D eigenvalue weighted by Crippen LogP contribution is 2.29. The second-order valence-electron chi connectivity index (χ2n) is 4.48. The number of aromatic amines is 1. The Morgan fingerprint density at radius 1 is 1.05 bits per heavy atom. The van der Waals surface area contributed by atoms with E-state index in [2.05, 4.69) is 20.6 Å². The number of nitrogens with one attached hydrogen (secondary N) is 1. The van der Waals surface area contributed by atoms with E-state index in [-0.39, 0.29) is 0 Å². The number of tetrazole rings is 1. The third-order valence-electron chi connectivity index (χ3n) is 3.14. The van der Waals surface area contributed by atoms with Crippen molar-refractivity contribution in [2.75, 3.05) is 5.73 Å². The maximum atomic E-state index is 11.1. The summed E-state index contributed by atoms with van der Waals surface area (Å²) in [6.45, 7) is 0. The summed E-state index contributed by atoms with van der Waals surface area (Å²) in [4.78, 5) is 11.1. The predicted molar refractivity (Wildman–Crippen MR) is 78.0 cm³/mol. The van der Waals surface area contributed by atoms with E-state index >= 15 is 0 Å². The van der Waals surface area contributed by atoms with Gasteiger partial charge in [-0.3, -0.25) is 4.79 Å². The minimum Gasteiger partial charge on any atom is -0.398 e. The minimum absolute atomic E-state index is 0.433. The van der Waals surface area contributed by atoms with Gasteiger partial charge < -0.3 is 11.5 Å². The molecule has 0 unspecified atom stereocenters. The predicted octanol–water partition coefficient (Wildman–Crippen LogP) is 1.21. The zero-order valence-electron chi connectivity index (χ0n) is 10.9. The van der Waals surface area contributed by atoms with Crippen LogP contribution >= 0.6 is 0 Å². The van der Waals surface area contributed by atoms with E-state index in [9.17, 15) is 4.79 Å². The van der Waals surface area contributed by atoms with Crippen LogP contribution in [0.3, 0.4) is 0 Å². The lowest BCUT2D eigenvalue weighted by molar-refractivity contribution is 0.100. The summed E-state index contributed by atoms with van der Waals surface area (Å²) in [6, 6.07) is 12.6. The molecule has 21 heavy (non-hydrogen) atoms. The molecule has 104 valence electrons. The first-order valence-corrected chi connectivity index (χ1v) is 6.19. The van der Waals surface area contributed by atoms with Crippen LogP contribution in [0.1, 0.15) is 10.4 Å². The summed E-state index contributed by atoms with van der Waals surface area (Å²) in [5.41, 5.74) is 14.8. The largest absolute Gasteiger partial charge is 0.398 e. The molecule has 0 aliphatic carbocycles. The number of carbonyl (C=O) groups is 1. The molecule has 0 radical (unpaired) electrons. The number of nitrogens with two attached hydrogens (primary N) is 2. The molecule has 3 rings (SSSR count). The van der Waals surface area contributed by atoms with Crippen LogP contribution in [0.5, 0.6) is 0 Å². The lowest BCUT2D eigenvalue weighted by Gasteiger charge is -2.07. The number of hydrogen-bond donors (Lipinski definition) is 3. The Morgan fingerprint density at radius 3 is 2.38 bits per heavy atom. The van der Waals surface area contributed by atoms with Gasteiger partial charge in [0.2, 0.25) is 11.7 Å². The third-order valence-corrected chi connectivity index (χ3v) is 3.14. The Labute approximate surface area is 120 Å². The van der Waals surface area contributed by atoms with Gasteiger partial charge in [-0.2, -0.15) is 5.21 Å². The van der Waals surface area contributed by atoms with Crippen molar-refractivity contribution in [2.24, 2.45) is 5.73 Å². The van der Waals surface area contributed by atoms with Crippen LogP contribution in [0.4, 0.5) is 5.69 Å². The van der Waals surface area contributed by atoms with Crippen LogP contribution in [0.25, 0.3) is 22.5 Å². The molecule has 0 bridgehead atoms. The van der Waals surface area contributed by atoms with Crippen LogP contribution in [-0.2, 0) is 0 Å². The quantitative estimate of drug-likeness (QED) is 0.622. The average Bonchev–Trinajstić information content (AvgIpc) is 3.02. The maximum absolute atomic E-state index is 11.1. The standard InChI is InChI=1S/C14H12N6O/c15-12-6-5-10(7-11(12)14-17-19-20-18-14)8-1-3-9(4-2-8)13(16)21/h1-7H,15H2,(H2,16,21)(H,17,18,19,20). The van der Waals surface area contributed by atoms with Crippen LogP contribution in [0.15, 0.2) is 42.5 Å². The molecule has 7 nitrogen and oxygen atoms in total. The second kappa shape index (κ2) is 5.04. The zero-order valence-corrected chi connectivity index (χ0v) is 10.9. The molecule has 2 aromatic carbocycles. The first-order valence-electron chi connectivity index (χ1n) is 6.19. The summed E-state index contributed by atoms with van der Waals surface area (Å²) < 4.78 is 0. The Kier molecular flexibility index (Phi) is 3.07. The van der Waals surface area contributed by atoms with Gasteiger partial charge >= 0.3 is 0 Å². The first kappa shape index (κ1) is 12.8. The van der Waals surface area contributed by atoms with Gasteiger partial charge in [-0.25, -0.2) is 0 Å². The number of nitrogens with zero attached hydrogens (tertiary/aromatic N) is 3. The SMILES string of the molecule is NC(=O)c1ccc(-c2ccc(N)c(-c3nn[nH]n3)c2)cc1. The summed E-state index contributed by atoms with van der Waals surface area (Å²) in [5, 5.41) is 13.8. The van der Waals surface area contributed by atoms with Gasteiger partial charge in [0.05, 0.1) is 0 Å². The summed E-state index contributed by atoms with van der Waals surface area (Å²) in [7, 11) is 0. The average molecular weight is 280 g/mol. The summed E-state index contributed by atoms with van der Waals surface area (Å²) in [6.07, 6.45) is 0. The van der Waals surface area contributed by atoms with E-state index in [0.717, 1.165) is 11.1 Å². The third kappa shape index (κ3) is 2.44. The van der Waals surface area contributed by atoms with E-state index < -0.39 is 5.91 Å². The van der Waals surface area contributed by atoms with Gasteiger partial charge in [-0.15, -0.1) is 10.2 Å². The van der Waals surface area contributed by atoms with Crippen molar-refractivity contribution in [3.05, 3.63) is 48.0 Å². The molecule has 0 saturated carbocycles. The van der Waals surface area contributed by atoms with E-state index in [4.69, 9.17) is 11.5 Å². The maximum Gasteiger partial charge on any atom is 0.248 e. The highest BCUT2D eigenvalue weighted by atomic mass is 16.1. The van der Waals surface area contributed by atoms with Crippen molar-refractivity contribution in [1.82, 2.24) is 20.6 Å². The van der Waals surface area contributed by atoms with Gasteiger partial charge in [0.15, 0.2) is 0 Å². The molecule has 5 N–H and O–H groups in total. The van der Waals surface area contributed by atoms with Gasteiger partial charge in [0, 0.05) is 16.8 Å². The topological polar surface area (TPSA) is 124 Å². The summed E-state index contributed by atoms with van der Waals surface area (Å²) >= 11 is 0. The number of carbonyl (C=O) groups excluding carboxylic acids is 1. The van der Waals surface area contributed by atoms with Crippen LogP contribution in [0.2, 0.25) is 0 Å². The van der Waals surface area contributed by atoms with Crippen molar-refractivity contribution >= 4 is 11.6 Å². The fraction of sp³-hybridized carbons (Fsp3) is 0. The van der Waals surface area contributed by atoms with E-state index in [1.165, 1.54) is 0 Å². The van der Waals surface area contributed by atoms with Crippen molar-refractivity contribution in [3.8, 4) is 22.5 Å². The van der Waals surface area contributed by atoms with Crippen LogP contribution < -0.4 is 11.5 Å². The first-order chi connectivity index (χ1) is 10.1. The van der Waals surface area contributed by atoms with Crippen molar-refractivity contribution in [3.63, 3.8) is 0 Å². The van der Waals surface area contributed by atoms with Crippen molar-refractivity contribution in [2.45, 2.75) is 0 Å². The van der Waals surface area contributed by atoms with Crippen LogP contribution in [-0.4, -0.2) is 26.5 Å². The number of rotatable bonds is 3. The number of anilines is 1. The molecule has 0 saturated heterocycles. The van der Waals surface area contributed by atoms with Crippen molar-refractivity contribution in [1.29, 1.82) is 0 Å². The van der Waals surface area contributed by atoms with Crippen LogP contribution in [0, 0.1) is 0 Å². The number of benzene rings is 2. The number of hydrogen-bond acceptors (Lipinski definition) is 5. The number of amides is 1. The smallest absolute Gasteiger partial charge is 0.248 e. The lowest BCUT2D eigenvalue weighted by atomic mass is 10.0. The van der Waals surface area contributed by atoms with Crippen molar-refractivity contribution < 1.29 is 4.79 Å². The Bertz CT molecular complexity index is 780. The molecule has 0 fully saturated rings. The minimum atomic E-state index is -0.452. The van der Waals surface area contributed by atoms with E-state index in [1.54, 1.807) is 18.2 Å². The highest BCUT2D eigenvalue weighted by Gasteiger charge is 2.09. The Morgan fingerprint density at radius 2 is 1.76 bits per heavy atom. The van der Waals surface area contributed by atoms with Gasteiger partial charge in [0.25, 0.3) is 0 Å². The number of H-pyrrole nitrogens is 1. The second-order valence-corrected chi connectivity index (χ2v) is 4.48. The monoisotopic (exact) mass is 280 g/mol. The molecule has 3 aromatic rings. The van der Waals surface area contributed by atoms with Gasteiger partial charge in [0.1, 0.15) is 0 Å². The lowest BCUT2D eigenvalue weighted by Crippen LogP contribution is -2.10. The molecule has 1 heterocycles. The molecule has 0 atom stereocenters. The van der Waals surface area contributed by atoms with E-state index in [1.807, 2.05) is 24.3 Å². The molecule has 0 spiro atoms. The Hall–Kier alpha value is -3.22. The van der Waals surface area contributed by atoms with Gasteiger partial charge in [-0.05, 0) is 40.6 Å². The zero-order chi connectivity index (χ0) is 14.8. The van der Waals surface area contributed by atoms with Gasteiger partial charge in [-0.1, -0.05) is 18.2 Å². The highest BCUT2D eigenvalue weighted by molar-refractivity contribution is 5.93. The molecular formula is C14H12N6O. The molecule has 1 aromatic heterocycles. The molecule has 7 heteroatoms. The fourth-order valence-electron chi connectivity index (χ4n) is 2.03. The fourth-order valence-corrected chi connectivity index (χ4v) is 2.03. The van der Waals surface area contributed by atoms with E-state index in [0.29, 0.717) is 22.6 Å². The molecule has 1 amide bonds. The summed E-state index contributed by atoms with van der Waals surface area (Å²) in [5.74, 6) is -0.0190. The number of aromatic nitrogens is 4. The molecule has 0 aliphatic rings. The molecular weight excluding hydrogens is 268 g/mol. The number of nitrogen functional groups attached to an aromatic ring is 1. The molecule has 0 aliphatic heterocycles. The Balaban J connectivity index is 2.03.